The zero-order valence-corrected chi connectivity index (χ0v) is 17.5. The van der Waals surface area contributed by atoms with Crippen LogP contribution in [0.3, 0.4) is 0 Å². The van der Waals surface area contributed by atoms with Gasteiger partial charge in [0.1, 0.15) is 11.4 Å². The minimum atomic E-state index is -0.0375. The number of benzene rings is 1. The van der Waals surface area contributed by atoms with Crippen LogP contribution in [-0.2, 0) is 4.79 Å². The van der Waals surface area contributed by atoms with Gasteiger partial charge >= 0.3 is 0 Å². The van der Waals surface area contributed by atoms with Crippen LogP contribution < -0.4 is 20.7 Å². The van der Waals surface area contributed by atoms with Crippen LogP contribution in [0.4, 0.5) is 0 Å². The number of carbonyl (C=O) groups excluding carboxylic acids is 1. The predicted octanol–water partition coefficient (Wildman–Crippen LogP) is 3.44. The van der Waals surface area contributed by atoms with Crippen molar-refractivity contribution in [3.63, 3.8) is 0 Å². The molecule has 1 aromatic carbocycles. The van der Waals surface area contributed by atoms with E-state index in [1.165, 1.54) is 18.4 Å². The number of ether oxygens (including phenoxy) is 1. The molecule has 1 aliphatic heterocycles. The van der Waals surface area contributed by atoms with E-state index in [0.29, 0.717) is 19.0 Å². The molecule has 0 saturated heterocycles. The number of nitrogens with zero attached hydrogens (tertiary/aromatic N) is 1. The number of aliphatic imine (C=N–C) groups is 1. The van der Waals surface area contributed by atoms with Crippen molar-refractivity contribution in [2.75, 3.05) is 13.1 Å². The SMILES string of the molecule is CCNC(=NCCCC(=O)NC1CC1)NC1CC2(CCCC2)Oc2ccccc21. The topological polar surface area (TPSA) is 74.8 Å². The fourth-order valence-electron chi connectivity index (χ4n) is 4.52. The van der Waals surface area contributed by atoms with Gasteiger partial charge in [-0.15, -0.1) is 0 Å². The molecular formula is C23H34N4O2. The molecule has 158 valence electrons. The molecule has 1 amide bonds. The largest absolute Gasteiger partial charge is 0.487 e. The van der Waals surface area contributed by atoms with Crippen molar-refractivity contribution < 1.29 is 9.53 Å². The molecule has 1 heterocycles. The summed E-state index contributed by atoms with van der Waals surface area (Å²) in [5, 5.41) is 10.1. The Hall–Kier alpha value is -2.24. The predicted molar refractivity (Wildman–Crippen MR) is 115 cm³/mol. The van der Waals surface area contributed by atoms with Crippen molar-refractivity contribution in [1.82, 2.24) is 16.0 Å². The number of nitrogens with one attached hydrogen (secondary N) is 3. The van der Waals surface area contributed by atoms with Gasteiger partial charge in [-0.2, -0.15) is 0 Å². The average molecular weight is 399 g/mol. The van der Waals surface area contributed by atoms with Crippen molar-refractivity contribution in [1.29, 1.82) is 0 Å². The van der Waals surface area contributed by atoms with E-state index < -0.39 is 0 Å². The third-order valence-electron chi connectivity index (χ3n) is 6.14. The number of carbonyl (C=O) groups is 1. The molecule has 6 heteroatoms. The molecule has 6 nitrogen and oxygen atoms in total. The Labute approximate surface area is 173 Å². The van der Waals surface area contributed by atoms with Gasteiger partial charge in [0.05, 0.1) is 6.04 Å². The first-order chi connectivity index (χ1) is 14.2. The third-order valence-corrected chi connectivity index (χ3v) is 6.14. The van der Waals surface area contributed by atoms with Crippen molar-refractivity contribution in [2.45, 2.75) is 82.4 Å². The summed E-state index contributed by atoms with van der Waals surface area (Å²) in [5.41, 5.74) is 1.17. The molecule has 1 aromatic rings. The number of amides is 1. The van der Waals surface area contributed by atoms with Gasteiger partial charge in [-0.3, -0.25) is 9.79 Å². The smallest absolute Gasteiger partial charge is 0.220 e. The van der Waals surface area contributed by atoms with Gasteiger partial charge in [0.15, 0.2) is 5.96 Å². The standard InChI is InChI=1S/C23H34N4O2/c1-2-24-22(25-15-7-10-21(28)26-17-11-12-17)27-19-16-23(13-5-6-14-23)29-20-9-4-3-8-18(19)20/h3-4,8-9,17,19H,2,5-7,10-16H2,1H3,(H,26,28)(H2,24,25,27). The highest BCUT2D eigenvalue weighted by Crippen LogP contribution is 2.46. The van der Waals surface area contributed by atoms with Gasteiger partial charge in [-0.25, -0.2) is 0 Å². The fourth-order valence-corrected chi connectivity index (χ4v) is 4.52. The Kier molecular flexibility index (Phi) is 6.26. The highest BCUT2D eigenvalue weighted by atomic mass is 16.5. The van der Waals surface area contributed by atoms with E-state index in [0.717, 1.165) is 56.8 Å². The number of rotatable bonds is 7. The number of guanidine groups is 1. The summed E-state index contributed by atoms with van der Waals surface area (Å²) >= 11 is 0. The molecule has 0 bridgehead atoms. The molecule has 1 unspecified atom stereocenters. The molecule has 2 aliphatic carbocycles. The van der Waals surface area contributed by atoms with Crippen LogP contribution in [0, 0.1) is 0 Å². The number of para-hydroxylation sites is 1. The van der Waals surface area contributed by atoms with Crippen LogP contribution in [0.5, 0.6) is 5.75 Å². The molecule has 0 aromatic heterocycles. The van der Waals surface area contributed by atoms with E-state index in [1.54, 1.807) is 0 Å². The van der Waals surface area contributed by atoms with E-state index in [-0.39, 0.29) is 17.6 Å². The summed E-state index contributed by atoms with van der Waals surface area (Å²) in [5.74, 6) is 1.98. The van der Waals surface area contributed by atoms with E-state index in [4.69, 9.17) is 9.73 Å². The normalized spacial score (nSPS) is 22.7. The maximum atomic E-state index is 11.9. The second-order valence-electron chi connectivity index (χ2n) is 8.64. The Morgan fingerprint density at radius 3 is 2.76 bits per heavy atom. The molecular weight excluding hydrogens is 364 g/mol. The lowest BCUT2D eigenvalue weighted by Gasteiger charge is -2.40. The summed E-state index contributed by atoms with van der Waals surface area (Å²) in [6, 6.07) is 8.99. The van der Waals surface area contributed by atoms with Crippen molar-refractivity contribution in [2.24, 2.45) is 4.99 Å². The van der Waals surface area contributed by atoms with Gasteiger partial charge in [0.2, 0.25) is 5.91 Å². The minimum absolute atomic E-state index is 0.0375. The molecule has 4 rings (SSSR count). The zero-order chi connectivity index (χ0) is 20.1. The molecule has 2 saturated carbocycles. The van der Waals surface area contributed by atoms with Crippen molar-refractivity contribution in [3.8, 4) is 5.75 Å². The third kappa shape index (κ3) is 5.22. The van der Waals surface area contributed by atoms with Crippen LogP contribution in [-0.4, -0.2) is 36.6 Å². The summed E-state index contributed by atoms with van der Waals surface area (Å²) < 4.78 is 6.47. The maximum Gasteiger partial charge on any atom is 0.220 e. The van der Waals surface area contributed by atoms with E-state index in [1.807, 2.05) is 0 Å². The highest BCUT2D eigenvalue weighted by molar-refractivity contribution is 5.80. The summed E-state index contributed by atoms with van der Waals surface area (Å²) in [7, 11) is 0. The maximum absolute atomic E-state index is 11.9. The second-order valence-corrected chi connectivity index (χ2v) is 8.64. The molecule has 3 aliphatic rings. The van der Waals surface area contributed by atoms with Gasteiger partial charge in [0.25, 0.3) is 0 Å². The van der Waals surface area contributed by atoms with Crippen LogP contribution in [0.25, 0.3) is 0 Å². The van der Waals surface area contributed by atoms with Gasteiger partial charge < -0.3 is 20.7 Å². The Morgan fingerprint density at radius 1 is 1.21 bits per heavy atom. The molecule has 29 heavy (non-hydrogen) atoms. The lowest BCUT2D eigenvalue weighted by Crippen LogP contribution is -2.46. The van der Waals surface area contributed by atoms with Crippen molar-refractivity contribution >= 4 is 11.9 Å². The molecule has 2 fully saturated rings. The summed E-state index contributed by atoms with van der Waals surface area (Å²) in [4.78, 5) is 16.6. The van der Waals surface area contributed by atoms with Gasteiger partial charge in [0, 0.05) is 37.5 Å². The molecule has 3 N–H and O–H groups in total. The lowest BCUT2D eigenvalue weighted by molar-refractivity contribution is -0.121. The van der Waals surface area contributed by atoms with Crippen molar-refractivity contribution in [3.05, 3.63) is 29.8 Å². The summed E-state index contributed by atoms with van der Waals surface area (Å²) in [6.45, 7) is 3.53. The Bertz CT molecular complexity index is 738. The second kappa shape index (κ2) is 9.06. The number of hydrogen-bond donors (Lipinski definition) is 3. The number of hydrogen-bond acceptors (Lipinski definition) is 3. The van der Waals surface area contributed by atoms with Gasteiger partial charge in [-0.1, -0.05) is 18.2 Å². The first-order valence-corrected chi connectivity index (χ1v) is 11.3. The van der Waals surface area contributed by atoms with E-state index in [2.05, 4.69) is 47.1 Å². The Morgan fingerprint density at radius 2 is 2.00 bits per heavy atom. The van der Waals surface area contributed by atoms with Crippen LogP contribution in [0.15, 0.2) is 29.3 Å². The number of fused-ring (bicyclic) bond motifs is 1. The molecule has 0 radical (unpaired) electrons. The monoisotopic (exact) mass is 398 g/mol. The molecule has 1 spiro atoms. The first-order valence-electron chi connectivity index (χ1n) is 11.3. The highest BCUT2D eigenvalue weighted by Gasteiger charge is 2.43. The summed E-state index contributed by atoms with van der Waals surface area (Å²) in [6.07, 6.45) is 9.29. The van der Waals surface area contributed by atoms with Crippen LogP contribution in [0.2, 0.25) is 0 Å². The van der Waals surface area contributed by atoms with E-state index >= 15 is 0 Å². The van der Waals surface area contributed by atoms with E-state index in [9.17, 15) is 4.79 Å². The average Bonchev–Trinajstić information content (AvgIpc) is 3.42. The van der Waals surface area contributed by atoms with Crippen LogP contribution in [0.1, 0.15) is 76.3 Å². The fraction of sp³-hybridized carbons (Fsp3) is 0.652. The van der Waals surface area contributed by atoms with Gasteiger partial charge in [-0.05, 0) is 57.9 Å². The minimum Gasteiger partial charge on any atom is -0.487 e. The first kappa shape index (κ1) is 20.0. The Balaban J connectivity index is 1.39. The van der Waals surface area contributed by atoms with Crippen LogP contribution >= 0.6 is 0 Å². The molecule has 1 atom stereocenters. The lowest BCUT2D eigenvalue weighted by atomic mass is 9.86. The zero-order valence-electron chi connectivity index (χ0n) is 17.5. The quantitative estimate of drug-likeness (QED) is 0.374.